The van der Waals surface area contributed by atoms with Crippen molar-refractivity contribution in [1.29, 1.82) is 0 Å². The average Bonchev–Trinajstić information content (AvgIpc) is 2.68. The maximum absolute atomic E-state index is 12.5. The van der Waals surface area contributed by atoms with Crippen molar-refractivity contribution >= 4 is 29.3 Å². The second-order valence-electron chi connectivity index (χ2n) is 5.80. The highest BCUT2D eigenvalue weighted by Gasteiger charge is 2.16. The molecule has 0 fully saturated rings. The van der Waals surface area contributed by atoms with Crippen LogP contribution in [0.5, 0.6) is 0 Å². The van der Waals surface area contributed by atoms with Crippen LogP contribution in [0.3, 0.4) is 0 Å². The Morgan fingerprint density at radius 1 is 1.00 bits per heavy atom. The van der Waals surface area contributed by atoms with Crippen LogP contribution in [-0.2, 0) is 11.2 Å². The number of nitrogens with one attached hydrogen (secondary N) is 1. The zero-order chi connectivity index (χ0) is 18.2. The summed E-state index contributed by atoms with van der Waals surface area (Å²) in [6.07, 6.45) is 2.42. The van der Waals surface area contributed by atoms with E-state index in [-0.39, 0.29) is 17.7 Å². The number of hydrogen-bond donors (Lipinski definition) is 1. The molecule has 3 rings (SSSR count). The van der Waals surface area contributed by atoms with E-state index in [1.165, 1.54) is 17.3 Å². The molecule has 1 aromatic heterocycles. The summed E-state index contributed by atoms with van der Waals surface area (Å²) in [5, 5.41) is 4.37. The van der Waals surface area contributed by atoms with Gasteiger partial charge in [0.05, 0.1) is 16.8 Å². The van der Waals surface area contributed by atoms with E-state index in [9.17, 15) is 4.79 Å². The van der Waals surface area contributed by atoms with Gasteiger partial charge in [-0.25, -0.2) is 4.98 Å². The Hall–Kier alpha value is -2.30. The molecule has 3 aromatic rings. The normalized spacial score (nSPS) is 11.7. The number of rotatable bonds is 7. The Bertz CT molecular complexity index is 843. The molecular formula is C21H19ClN2OS. The largest absolute Gasteiger partial charge is 0.348 e. The monoisotopic (exact) mass is 382 g/mol. The lowest BCUT2D eigenvalue weighted by Crippen LogP contribution is -2.31. The van der Waals surface area contributed by atoms with E-state index in [1.807, 2.05) is 48.5 Å². The number of carbonyl (C=O) groups excluding carboxylic acids is 1. The third kappa shape index (κ3) is 5.35. The van der Waals surface area contributed by atoms with E-state index in [2.05, 4.69) is 22.4 Å². The predicted octanol–water partition coefficient (Wildman–Crippen LogP) is 4.93. The molecule has 26 heavy (non-hydrogen) atoms. The van der Waals surface area contributed by atoms with Gasteiger partial charge in [0.15, 0.2) is 0 Å². The predicted molar refractivity (Wildman–Crippen MR) is 107 cm³/mol. The number of hydrogen-bond acceptors (Lipinski definition) is 3. The summed E-state index contributed by atoms with van der Waals surface area (Å²) >= 11 is 7.45. The molecule has 1 amide bonds. The summed E-state index contributed by atoms with van der Waals surface area (Å²) in [6, 6.07) is 23.7. The fourth-order valence-corrected chi connectivity index (χ4v) is 3.61. The molecule has 0 aliphatic heterocycles. The van der Waals surface area contributed by atoms with Crippen LogP contribution in [0.15, 0.2) is 84.0 Å². The van der Waals surface area contributed by atoms with E-state index in [4.69, 9.17) is 11.6 Å². The number of halogens is 1. The summed E-state index contributed by atoms with van der Waals surface area (Å²) in [5.41, 5.74) is 2.27. The van der Waals surface area contributed by atoms with Crippen molar-refractivity contribution < 1.29 is 4.79 Å². The lowest BCUT2D eigenvalue weighted by Gasteiger charge is -2.19. The molecule has 1 atom stereocenters. The van der Waals surface area contributed by atoms with Crippen LogP contribution in [-0.4, -0.2) is 16.6 Å². The second kappa shape index (κ2) is 9.41. The average molecular weight is 383 g/mol. The van der Waals surface area contributed by atoms with Crippen LogP contribution >= 0.6 is 23.4 Å². The van der Waals surface area contributed by atoms with E-state index < -0.39 is 0 Å². The van der Waals surface area contributed by atoms with Crippen LogP contribution < -0.4 is 5.32 Å². The minimum atomic E-state index is -0.0779. The molecule has 132 valence electrons. The van der Waals surface area contributed by atoms with Crippen molar-refractivity contribution in [3.8, 4) is 0 Å². The van der Waals surface area contributed by atoms with Crippen molar-refractivity contribution in [2.75, 3.05) is 5.75 Å². The standard InChI is InChI=1S/C21H19ClN2OS/c22-18-12-7-13-23-21(18)26-15-20(25)24-19(17-10-5-2-6-11-17)14-16-8-3-1-4-9-16/h1-13,19H,14-15H2,(H,24,25). The fourth-order valence-electron chi connectivity index (χ4n) is 2.63. The minimum Gasteiger partial charge on any atom is -0.348 e. The van der Waals surface area contributed by atoms with Gasteiger partial charge in [-0.2, -0.15) is 0 Å². The number of amides is 1. The third-order valence-electron chi connectivity index (χ3n) is 3.88. The van der Waals surface area contributed by atoms with Gasteiger partial charge in [0.1, 0.15) is 5.03 Å². The zero-order valence-corrected chi connectivity index (χ0v) is 15.7. The van der Waals surface area contributed by atoms with Crippen LogP contribution in [0.1, 0.15) is 17.2 Å². The van der Waals surface area contributed by atoms with Crippen molar-refractivity contribution in [3.63, 3.8) is 0 Å². The maximum Gasteiger partial charge on any atom is 0.230 e. The third-order valence-corrected chi connectivity index (χ3v) is 5.31. The van der Waals surface area contributed by atoms with Crippen LogP contribution in [0.2, 0.25) is 5.02 Å². The first kappa shape index (κ1) is 18.5. The Balaban J connectivity index is 1.67. The molecule has 0 aliphatic carbocycles. The van der Waals surface area contributed by atoms with Gasteiger partial charge in [-0.3, -0.25) is 4.79 Å². The van der Waals surface area contributed by atoms with Gasteiger partial charge in [-0.15, -0.1) is 0 Å². The molecule has 1 N–H and O–H groups in total. The van der Waals surface area contributed by atoms with Crippen LogP contribution in [0.4, 0.5) is 0 Å². The second-order valence-corrected chi connectivity index (χ2v) is 7.17. The van der Waals surface area contributed by atoms with Gasteiger partial charge >= 0.3 is 0 Å². The Labute approximate surface area is 162 Å². The number of aromatic nitrogens is 1. The van der Waals surface area contributed by atoms with E-state index in [0.717, 1.165) is 12.0 Å². The summed E-state index contributed by atoms with van der Waals surface area (Å²) in [5.74, 6) is 0.232. The minimum absolute atomic E-state index is 0.0403. The van der Waals surface area contributed by atoms with Crippen LogP contribution in [0, 0.1) is 0 Å². The molecule has 2 aromatic carbocycles. The van der Waals surface area contributed by atoms with Crippen molar-refractivity contribution in [1.82, 2.24) is 10.3 Å². The summed E-state index contributed by atoms with van der Waals surface area (Å²) in [6.45, 7) is 0. The molecule has 0 spiro atoms. The highest BCUT2D eigenvalue weighted by molar-refractivity contribution is 8.00. The van der Waals surface area contributed by atoms with Gasteiger partial charge in [0, 0.05) is 6.20 Å². The number of thioether (sulfide) groups is 1. The Kier molecular flexibility index (Phi) is 6.69. The SMILES string of the molecule is O=C(CSc1ncccc1Cl)NC(Cc1ccccc1)c1ccccc1. The number of pyridine rings is 1. The molecule has 1 heterocycles. The Morgan fingerprint density at radius 3 is 2.38 bits per heavy atom. The molecule has 0 saturated heterocycles. The van der Waals surface area contributed by atoms with Crippen molar-refractivity contribution in [3.05, 3.63) is 95.1 Å². The van der Waals surface area contributed by atoms with Crippen LogP contribution in [0.25, 0.3) is 0 Å². The molecule has 0 bridgehead atoms. The highest BCUT2D eigenvalue weighted by atomic mass is 35.5. The maximum atomic E-state index is 12.5. The quantitative estimate of drug-likeness (QED) is 0.589. The first-order valence-electron chi connectivity index (χ1n) is 8.34. The summed E-state index contributed by atoms with van der Waals surface area (Å²) in [7, 11) is 0. The lowest BCUT2D eigenvalue weighted by molar-refractivity contribution is -0.119. The van der Waals surface area contributed by atoms with Gasteiger partial charge < -0.3 is 5.32 Å². The fraction of sp³-hybridized carbons (Fsp3) is 0.143. The highest BCUT2D eigenvalue weighted by Crippen LogP contribution is 2.24. The van der Waals surface area contributed by atoms with Gasteiger partial charge in [-0.05, 0) is 29.7 Å². The topological polar surface area (TPSA) is 42.0 Å². The van der Waals surface area contributed by atoms with Crippen molar-refractivity contribution in [2.24, 2.45) is 0 Å². The van der Waals surface area contributed by atoms with Gasteiger partial charge in [0.25, 0.3) is 0 Å². The van der Waals surface area contributed by atoms with Crippen molar-refractivity contribution in [2.45, 2.75) is 17.5 Å². The molecular weight excluding hydrogens is 364 g/mol. The van der Waals surface area contributed by atoms with E-state index in [0.29, 0.717) is 10.0 Å². The number of carbonyl (C=O) groups is 1. The molecule has 5 heteroatoms. The van der Waals surface area contributed by atoms with E-state index in [1.54, 1.807) is 18.3 Å². The molecule has 1 unspecified atom stereocenters. The lowest BCUT2D eigenvalue weighted by atomic mass is 9.99. The smallest absolute Gasteiger partial charge is 0.230 e. The van der Waals surface area contributed by atoms with Gasteiger partial charge in [-0.1, -0.05) is 84.0 Å². The van der Waals surface area contributed by atoms with Gasteiger partial charge in [0.2, 0.25) is 5.91 Å². The first-order chi connectivity index (χ1) is 12.7. The Morgan fingerprint density at radius 2 is 1.69 bits per heavy atom. The molecule has 0 saturated carbocycles. The molecule has 0 aliphatic rings. The zero-order valence-electron chi connectivity index (χ0n) is 14.1. The molecule has 0 radical (unpaired) electrons. The summed E-state index contributed by atoms with van der Waals surface area (Å²) < 4.78 is 0. The molecule has 3 nitrogen and oxygen atoms in total. The summed E-state index contributed by atoms with van der Waals surface area (Å²) in [4.78, 5) is 16.7. The number of benzene rings is 2. The first-order valence-corrected chi connectivity index (χ1v) is 9.70. The van der Waals surface area contributed by atoms with E-state index >= 15 is 0 Å². The number of nitrogens with zero attached hydrogens (tertiary/aromatic N) is 1.